The first-order chi connectivity index (χ1) is 11.3. The predicted octanol–water partition coefficient (Wildman–Crippen LogP) is 5.40. The van der Waals surface area contributed by atoms with Crippen LogP contribution in [-0.2, 0) is 0 Å². The van der Waals surface area contributed by atoms with Crippen LogP contribution in [0.4, 0.5) is 4.39 Å². The molecule has 0 aliphatic rings. The predicted molar refractivity (Wildman–Crippen MR) is 87.0 cm³/mol. The number of hydrogen-bond donors (Lipinski definition) is 0. The molecule has 4 aromatic rings. The van der Waals surface area contributed by atoms with Gasteiger partial charge in [0.15, 0.2) is 5.58 Å². The lowest BCUT2D eigenvalue weighted by Crippen LogP contribution is -1.75. The number of fused-ring (bicyclic) bond motifs is 1. The van der Waals surface area contributed by atoms with Crippen LogP contribution >= 0.6 is 0 Å². The molecule has 2 heterocycles. The van der Waals surface area contributed by atoms with Crippen molar-refractivity contribution >= 4 is 23.3 Å². The fourth-order valence-electron chi connectivity index (χ4n) is 2.33. The molecule has 0 aliphatic heterocycles. The highest BCUT2D eigenvalue weighted by Crippen LogP contribution is 2.24. The van der Waals surface area contributed by atoms with E-state index in [2.05, 4.69) is 4.98 Å². The lowest BCUT2D eigenvalue weighted by Gasteiger charge is -1.95. The van der Waals surface area contributed by atoms with Gasteiger partial charge in [0.25, 0.3) is 0 Å². The summed E-state index contributed by atoms with van der Waals surface area (Å²) in [4.78, 5) is 4.37. The van der Waals surface area contributed by atoms with Crippen molar-refractivity contribution in [2.45, 2.75) is 0 Å². The Morgan fingerprint density at radius 1 is 0.826 bits per heavy atom. The molecule has 0 saturated carbocycles. The largest absolute Gasteiger partial charge is 0.457 e. The summed E-state index contributed by atoms with van der Waals surface area (Å²) in [5, 5.41) is 0. The van der Waals surface area contributed by atoms with Crippen molar-refractivity contribution < 1.29 is 13.2 Å². The van der Waals surface area contributed by atoms with Crippen LogP contribution in [0.5, 0.6) is 0 Å². The molecular formula is C19H12FNO2. The van der Waals surface area contributed by atoms with Gasteiger partial charge in [-0.2, -0.15) is 0 Å². The van der Waals surface area contributed by atoms with Crippen LogP contribution in [0.1, 0.15) is 11.7 Å². The van der Waals surface area contributed by atoms with E-state index in [9.17, 15) is 4.39 Å². The van der Waals surface area contributed by atoms with E-state index in [0.29, 0.717) is 17.4 Å². The summed E-state index contributed by atoms with van der Waals surface area (Å²) in [5.41, 5.74) is 2.39. The van der Waals surface area contributed by atoms with E-state index < -0.39 is 0 Å². The fraction of sp³-hybridized carbons (Fsp3) is 0. The quantitative estimate of drug-likeness (QED) is 0.509. The maximum absolute atomic E-state index is 12.9. The summed E-state index contributed by atoms with van der Waals surface area (Å²) < 4.78 is 24.3. The van der Waals surface area contributed by atoms with Crippen LogP contribution in [0, 0.1) is 5.82 Å². The molecule has 2 aromatic heterocycles. The SMILES string of the molecule is Fc1ccc(-c2ccc(/C=C/c3nc4ccccc4o3)o2)cc1. The molecule has 0 N–H and O–H groups in total. The van der Waals surface area contributed by atoms with Crippen LogP contribution in [-0.4, -0.2) is 4.98 Å². The number of furan rings is 1. The molecule has 0 unspecified atom stereocenters. The zero-order chi connectivity index (χ0) is 15.6. The van der Waals surface area contributed by atoms with E-state index in [4.69, 9.17) is 8.83 Å². The van der Waals surface area contributed by atoms with Gasteiger partial charge in [-0.15, -0.1) is 0 Å². The summed E-state index contributed by atoms with van der Waals surface area (Å²) in [6.07, 6.45) is 3.55. The number of para-hydroxylation sites is 2. The van der Waals surface area contributed by atoms with Gasteiger partial charge in [0.1, 0.15) is 22.9 Å². The van der Waals surface area contributed by atoms with E-state index in [-0.39, 0.29) is 5.82 Å². The summed E-state index contributed by atoms with van der Waals surface area (Å²) in [6, 6.07) is 17.5. The minimum absolute atomic E-state index is 0.267. The molecule has 0 aliphatic carbocycles. The molecule has 0 radical (unpaired) electrons. The molecule has 0 bridgehead atoms. The van der Waals surface area contributed by atoms with Gasteiger partial charge in [0.2, 0.25) is 5.89 Å². The molecule has 0 amide bonds. The Hall–Kier alpha value is -3.14. The summed E-state index contributed by atoms with van der Waals surface area (Å²) in [7, 11) is 0. The molecule has 4 rings (SSSR count). The maximum Gasteiger partial charge on any atom is 0.220 e. The third kappa shape index (κ3) is 2.79. The van der Waals surface area contributed by atoms with E-state index >= 15 is 0 Å². The van der Waals surface area contributed by atoms with Gasteiger partial charge in [-0.1, -0.05) is 12.1 Å². The molecule has 0 saturated heterocycles. The third-order valence-electron chi connectivity index (χ3n) is 3.46. The van der Waals surface area contributed by atoms with Crippen molar-refractivity contribution in [2.24, 2.45) is 0 Å². The van der Waals surface area contributed by atoms with Gasteiger partial charge in [-0.25, -0.2) is 9.37 Å². The van der Waals surface area contributed by atoms with Crippen molar-refractivity contribution in [1.82, 2.24) is 4.98 Å². The van der Waals surface area contributed by atoms with Crippen molar-refractivity contribution in [1.29, 1.82) is 0 Å². The molecule has 112 valence electrons. The normalized spacial score (nSPS) is 11.5. The first kappa shape index (κ1) is 13.5. The second kappa shape index (κ2) is 5.57. The van der Waals surface area contributed by atoms with Crippen LogP contribution in [0.15, 0.2) is 69.5 Å². The highest BCUT2D eigenvalue weighted by molar-refractivity contribution is 5.75. The minimum atomic E-state index is -0.267. The van der Waals surface area contributed by atoms with Gasteiger partial charge in [0, 0.05) is 11.6 Å². The highest BCUT2D eigenvalue weighted by Gasteiger charge is 2.04. The Labute approximate surface area is 131 Å². The van der Waals surface area contributed by atoms with Gasteiger partial charge < -0.3 is 8.83 Å². The maximum atomic E-state index is 12.9. The van der Waals surface area contributed by atoms with Crippen molar-refractivity contribution in [3.05, 3.63) is 78.1 Å². The summed E-state index contributed by atoms with van der Waals surface area (Å²) in [6.45, 7) is 0. The molecule has 0 spiro atoms. The number of benzene rings is 2. The summed E-state index contributed by atoms with van der Waals surface area (Å²) >= 11 is 0. The lowest BCUT2D eigenvalue weighted by atomic mass is 10.2. The first-order valence-corrected chi connectivity index (χ1v) is 7.17. The first-order valence-electron chi connectivity index (χ1n) is 7.17. The molecule has 2 aromatic carbocycles. The number of nitrogens with zero attached hydrogens (tertiary/aromatic N) is 1. The van der Waals surface area contributed by atoms with Crippen LogP contribution in [0.2, 0.25) is 0 Å². The zero-order valence-corrected chi connectivity index (χ0v) is 12.1. The van der Waals surface area contributed by atoms with Crippen molar-refractivity contribution in [3.8, 4) is 11.3 Å². The number of hydrogen-bond acceptors (Lipinski definition) is 3. The second-order valence-corrected chi connectivity index (χ2v) is 5.06. The molecule has 23 heavy (non-hydrogen) atoms. The van der Waals surface area contributed by atoms with E-state index in [1.54, 1.807) is 24.3 Å². The Balaban J connectivity index is 1.58. The average molecular weight is 305 g/mol. The Bertz CT molecular complexity index is 947. The van der Waals surface area contributed by atoms with Crippen LogP contribution in [0.3, 0.4) is 0 Å². The molecule has 0 atom stereocenters. The zero-order valence-electron chi connectivity index (χ0n) is 12.1. The lowest BCUT2D eigenvalue weighted by molar-refractivity contribution is 0.570. The van der Waals surface area contributed by atoms with Gasteiger partial charge in [0.05, 0.1) is 0 Å². The number of aromatic nitrogens is 1. The molecule has 0 fully saturated rings. The number of halogens is 1. The van der Waals surface area contributed by atoms with E-state index in [1.165, 1.54) is 12.1 Å². The molecule has 4 heteroatoms. The van der Waals surface area contributed by atoms with Gasteiger partial charge in [-0.05, 0) is 54.6 Å². The third-order valence-corrected chi connectivity index (χ3v) is 3.46. The highest BCUT2D eigenvalue weighted by atomic mass is 19.1. The van der Waals surface area contributed by atoms with E-state index in [1.807, 2.05) is 36.4 Å². The standard InChI is InChI=1S/C19H12FNO2/c20-14-7-5-13(6-8-14)17-11-9-15(22-17)10-12-19-21-16-3-1-2-4-18(16)23-19/h1-12H/b12-10+. The number of oxazole rings is 1. The second-order valence-electron chi connectivity index (χ2n) is 5.06. The Kier molecular flexibility index (Phi) is 3.27. The average Bonchev–Trinajstić information content (AvgIpc) is 3.20. The Morgan fingerprint density at radius 2 is 1.65 bits per heavy atom. The van der Waals surface area contributed by atoms with E-state index in [0.717, 1.165) is 16.7 Å². The Morgan fingerprint density at radius 3 is 2.48 bits per heavy atom. The number of rotatable bonds is 3. The minimum Gasteiger partial charge on any atom is -0.457 e. The van der Waals surface area contributed by atoms with Crippen LogP contribution in [0.25, 0.3) is 34.6 Å². The van der Waals surface area contributed by atoms with Gasteiger partial charge in [-0.3, -0.25) is 0 Å². The monoisotopic (exact) mass is 305 g/mol. The topological polar surface area (TPSA) is 39.2 Å². The van der Waals surface area contributed by atoms with Crippen molar-refractivity contribution in [2.75, 3.05) is 0 Å². The van der Waals surface area contributed by atoms with Crippen molar-refractivity contribution in [3.63, 3.8) is 0 Å². The molecule has 3 nitrogen and oxygen atoms in total. The fourth-order valence-corrected chi connectivity index (χ4v) is 2.33. The van der Waals surface area contributed by atoms with Gasteiger partial charge >= 0.3 is 0 Å². The smallest absolute Gasteiger partial charge is 0.220 e. The molecular weight excluding hydrogens is 293 g/mol. The van der Waals surface area contributed by atoms with Crippen LogP contribution < -0.4 is 0 Å². The summed E-state index contributed by atoms with van der Waals surface area (Å²) in [5.74, 6) is 1.61.